The molecule has 3 heteroatoms. The molecular weight excluding hydrogens is 162 g/mol. The Morgan fingerprint density at radius 3 is 1.30 bits per heavy atom. The lowest BCUT2D eigenvalue weighted by molar-refractivity contribution is 0.362. The van der Waals surface area contributed by atoms with Gasteiger partial charge in [0.2, 0.25) is 0 Å². The molecule has 0 heterocycles. The normalized spacial score (nSPS) is 15.4. The van der Waals surface area contributed by atoms with Gasteiger partial charge in [-0.15, -0.1) is 0 Å². The Kier molecular flexibility index (Phi) is 9.78. The van der Waals surface area contributed by atoms with Gasteiger partial charge in [0, 0.05) is 28.4 Å². The lowest BCUT2D eigenvalue weighted by atomic mass is 9.92. The fourth-order valence-corrected chi connectivity index (χ4v) is 0.607. The Hall–Kier alpha value is 0.400. The molecule has 0 aliphatic rings. The van der Waals surface area contributed by atoms with Crippen molar-refractivity contribution >= 4 is 22.4 Å². The van der Waals surface area contributed by atoms with Crippen LogP contribution in [0.5, 0.6) is 0 Å². The molecule has 0 unspecified atom stereocenters. The molecule has 0 amide bonds. The first-order chi connectivity index (χ1) is 4.55. The fourth-order valence-electron chi connectivity index (χ4n) is 0.607. The van der Waals surface area contributed by atoms with Crippen molar-refractivity contribution in [3.05, 3.63) is 0 Å². The molecule has 2 N–H and O–H groups in total. The monoisotopic (exact) mass is 179 g/mol. The number of nitrogens with two attached hydrogens (primary N) is 1. The molecule has 62 valence electrons. The summed E-state index contributed by atoms with van der Waals surface area (Å²) in [5.41, 5.74) is 5.64. The highest BCUT2D eigenvalue weighted by Gasteiger charge is 2.10. The van der Waals surface area contributed by atoms with Crippen molar-refractivity contribution in [2.24, 2.45) is 17.6 Å². The number of hydrogen-bond donors (Lipinski definition) is 1. The second-order valence-corrected chi connectivity index (χ2v) is 2.96. The van der Waals surface area contributed by atoms with Gasteiger partial charge < -0.3 is 5.73 Å². The average molecular weight is 179 g/mol. The maximum absolute atomic E-state index is 5.64. The lowest BCUT2D eigenvalue weighted by Crippen LogP contribution is -2.27. The molecule has 0 aromatic carbocycles. The molecule has 0 aliphatic heterocycles. The van der Waals surface area contributed by atoms with E-state index in [1.807, 2.05) is 0 Å². The minimum absolute atomic E-state index is 0.343. The average Bonchev–Trinajstić information content (AvgIpc) is 1.90. The molecule has 0 saturated heterocycles. The van der Waals surface area contributed by atoms with Crippen LogP contribution in [0, 0.1) is 11.8 Å². The first kappa shape index (κ1) is 13.0. The van der Waals surface area contributed by atoms with E-state index in [1.165, 1.54) is 0 Å². The maximum Gasteiger partial charge on any atom is 0.00385 e. The van der Waals surface area contributed by atoms with Crippen molar-refractivity contribution in [1.82, 2.24) is 0 Å². The van der Waals surface area contributed by atoms with Crippen molar-refractivity contribution in [1.29, 1.82) is 0 Å². The van der Waals surface area contributed by atoms with Gasteiger partial charge in [-0.3, -0.25) is 0 Å². The van der Waals surface area contributed by atoms with E-state index in [2.05, 4.69) is 50.1 Å². The minimum atomic E-state index is 0.343. The molecule has 0 bridgehead atoms. The largest absolute Gasteiger partial charge is 0.328 e. The van der Waals surface area contributed by atoms with E-state index >= 15 is 0 Å². The molecule has 0 aliphatic carbocycles. The summed E-state index contributed by atoms with van der Waals surface area (Å²) >= 11 is 7.33. The summed E-state index contributed by atoms with van der Waals surface area (Å²) in [6.45, 7) is 8.65. The van der Waals surface area contributed by atoms with Crippen LogP contribution < -0.4 is 5.73 Å². The summed E-state index contributed by atoms with van der Waals surface area (Å²) in [5, 5.41) is 0. The van der Waals surface area contributed by atoms with Gasteiger partial charge >= 0.3 is 0 Å². The molecule has 0 aromatic rings. The van der Waals surface area contributed by atoms with Gasteiger partial charge in [-0.1, -0.05) is 20.8 Å². The third-order valence-electron chi connectivity index (χ3n) is 1.88. The maximum atomic E-state index is 5.64. The van der Waals surface area contributed by atoms with Gasteiger partial charge in [0.05, 0.1) is 0 Å². The van der Waals surface area contributed by atoms with Crippen LogP contribution in [-0.4, -0.2) is 6.04 Å². The second-order valence-electron chi connectivity index (χ2n) is 2.96. The predicted octanol–water partition coefficient (Wildman–Crippen LogP) is 1.62. The molecule has 0 fully saturated rings. The molecule has 1 nitrogen and oxygen atoms in total. The Morgan fingerprint density at radius 2 is 1.30 bits per heavy atom. The first-order valence-corrected chi connectivity index (χ1v) is 4.81. The summed E-state index contributed by atoms with van der Waals surface area (Å²) in [4.78, 5) is 0. The fraction of sp³-hybridized carbons (Fsp3) is 1.00. The standard InChI is InChI=1S/C7H17N.S2/c1-5(2)6(3)7(4)8;1-2/h5-7H,8H2,1-4H3;/t6-,7-;/m1./s1. The Morgan fingerprint density at radius 1 is 1.00 bits per heavy atom. The Balaban J connectivity index is 0. The highest BCUT2D eigenvalue weighted by atomic mass is 32.8. The molecule has 10 heavy (non-hydrogen) atoms. The second kappa shape index (κ2) is 7.51. The minimum Gasteiger partial charge on any atom is -0.328 e. The zero-order valence-corrected chi connectivity index (χ0v) is 8.76. The quantitative estimate of drug-likeness (QED) is 0.697. The van der Waals surface area contributed by atoms with Crippen LogP contribution in [0.15, 0.2) is 0 Å². The SMILES string of the molecule is CC(C)[C@@H](C)[C@@H](C)N.S=S. The zero-order valence-electron chi connectivity index (χ0n) is 7.13. The Labute approximate surface area is 74.0 Å². The first-order valence-electron chi connectivity index (χ1n) is 3.48. The van der Waals surface area contributed by atoms with Crippen molar-refractivity contribution in [3.63, 3.8) is 0 Å². The molecule has 0 aromatic heterocycles. The predicted molar refractivity (Wildman–Crippen MR) is 52.4 cm³/mol. The summed E-state index contributed by atoms with van der Waals surface area (Å²) in [6.07, 6.45) is 0. The molecule has 0 rings (SSSR count). The number of rotatable bonds is 2. The van der Waals surface area contributed by atoms with Crippen LogP contribution in [0.3, 0.4) is 0 Å². The highest BCUT2D eigenvalue weighted by molar-refractivity contribution is 8.07. The highest BCUT2D eigenvalue weighted by Crippen LogP contribution is 2.11. The van der Waals surface area contributed by atoms with Crippen LogP contribution in [0.1, 0.15) is 27.7 Å². The van der Waals surface area contributed by atoms with E-state index in [9.17, 15) is 0 Å². The zero-order chi connectivity index (χ0) is 8.73. The number of hydrogen-bond acceptors (Lipinski definition) is 3. The summed E-state index contributed by atoms with van der Waals surface area (Å²) in [6, 6.07) is 0.343. The third-order valence-corrected chi connectivity index (χ3v) is 1.88. The van der Waals surface area contributed by atoms with Crippen molar-refractivity contribution in [3.8, 4) is 0 Å². The molecule has 0 spiro atoms. The lowest BCUT2D eigenvalue weighted by Gasteiger charge is -2.18. The van der Waals surface area contributed by atoms with Gasteiger partial charge in [0.25, 0.3) is 0 Å². The van der Waals surface area contributed by atoms with E-state index in [1.54, 1.807) is 0 Å². The van der Waals surface area contributed by atoms with Crippen LogP contribution in [0.4, 0.5) is 0 Å². The van der Waals surface area contributed by atoms with E-state index < -0.39 is 0 Å². The van der Waals surface area contributed by atoms with Gasteiger partial charge in [-0.05, 0) is 18.8 Å². The Bertz CT molecular complexity index is 66.0. The van der Waals surface area contributed by atoms with Crippen LogP contribution in [-0.2, 0) is 22.4 Å². The molecule has 0 saturated carbocycles. The molecular formula is C7H17NS2. The van der Waals surface area contributed by atoms with Gasteiger partial charge in [-0.2, -0.15) is 0 Å². The van der Waals surface area contributed by atoms with E-state index in [0.717, 1.165) is 5.92 Å². The molecule has 2 atom stereocenters. The van der Waals surface area contributed by atoms with Crippen LogP contribution in [0.2, 0.25) is 0 Å². The topological polar surface area (TPSA) is 26.0 Å². The van der Waals surface area contributed by atoms with Gasteiger partial charge in [0.15, 0.2) is 0 Å². The van der Waals surface area contributed by atoms with Crippen LogP contribution in [0.25, 0.3) is 0 Å². The van der Waals surface area contributed by atoms with Crippen molar-refractivity contribution in [2.45, 2.75) is 33.7 Å². The van der Waals surface area contributed by atoms with E-state index in [-0.39, 0.29) is 0 Å². The smallest absolute Gasteiger partial charge is 0.00385 e. The van der Waals surface area contributed by atoms with Crippen molar-refractivity contribution < 1.29 is 0 Å². The van der Waals surface area contributed by atoms with Crippen molar-refractivity contribution in [2.75, 3.05) is 0 Å². The summed E-state index contributed by atoms with van der Waals surface area (Å²) in [5.74, 6) is 1.37. The van der Waals surface area contributed by atoms with Gasteiger partial charge in [-0.25, -0.2) is 0 Å². The van der Waals surface area contributed by atoms with E-state index in [4.69, 9.17) is 5.73 Å². The summed E-state index contributed by atoms with van der Waals surface area (Å²) < 4.78 is 0. The van der Waals surface area contributed by atoms with Gasteiger partial charge in [0.1, 0.15) is 0 Å². The van der Waals surface area contributed by atoms with Crippen LogP contribution >= 0.6 is 0 Å². The third kappa shape index (κ3) is 6.52. The molecule has 0 radical (unpaired) electrons. The van der Waals surface area contributed by atoms with E-state index in [0.29, 0.717) is 12.0 Å². The summed E-state index contributed by atoms with van der Waals surface area (Å²) in [7, 11) is 0.